The monoisotopic (exact) mass is 339 g/mol. The number of hydrogen-bond acceptors (Lipinski definition) is 4. The van der Waals surface area contributed by atoms with Crippen LogP contribution < -0.4 is 15.0 Å². The summed E-state index contributed by atoms with van der Waals surface area (Å²) in [4.78, 5) is 17.1. The van der Waals surface area contributed by atoms with E-state index < -0.39 is 0 Å². The SMILES string of the molecule is COc1ccc(CC(=O)Nc2ccccc2N2CCN(C)CC2)cc1. The summed E-state index contributed by atoms with van der Waals surface area (Å²) in [6.07, 6.45) is 0.348. The molecule has 0 unspecified atom stereocenters. The first-order chi connectivity index (χ1) is 12.2. The molecule has 0 radical (unpaired) electrons. The minimum Gasteiger partial charge on any atom is -0.497 e. The van der Waals surface area contributed by atoms with Gasteiger partial charge in [0.15, 0.2) is 0 Å². The number of hydrogen-bond donors (Lipinski definition) is 1. The van der Waals surface area contributed by atoms with E-state index in [4.69, 9.17) is 4.74 Å². The van der Waals surface area contributed by atoms with E-state index >= 15 is 0 Å². The Morgan fingerprint density at radius 1 is 1.04 bits per heavy atom. The van der Waals surface area contributed by atoms with Crippen molar-refractivity contribution in [2.75, 3.05) is 50.6 Å². The lowest BCUT2D eigenvalue weighted by atomic mass is 10.1. The molecular formula is C20H25N3O2. The highest BCUT2D eigenvalue weighted by Crippen LogP contribution is 2.26. The fourth-order valence-corrected chi connectivity index (χ4v) is 3.03. The van der Waals surface area contributed by atoms with Crippen LogP contribution in [-0.2, 0) is 11.2 Å². The second-order valence-electron chi connectivity index (χ2n) is 6.38. The van der Waals surface area contributed by atoms with E-state index in [0.717, 1.165) is 48.9 Å². The zero-order valence-corrected chi connectivity index (χ0v) is 14.9. The van der Waals surface area contributed by atoms with Crippen molar-refractivity contribution in [3.05, 3.63) is 54.1 Å². The molecule has 1 aliphatic heterocycles. The number of benzene rings is 2. The molecule has 1 N–H and O–H groups in total. The van der Waals surface area contributed by atoms with E-state index in [1.165, 1.54) is 0 Å². The smallest absolute Gasteiger partial charge is 0.228 e. The molecule has 1 fully saturated rings. The summed E-state index contributed by atoms with van der Waals surface area (Å²) in [6.45, 7) is 4.02. The quantitative estimate of drug-likeness (QED) is 0.910. The number of methoxy groups -OCH3 is 1. The number of likely N-dealkylation sites (N-methyl/N-ethyl adjacent to an activating group) is 1. The van der Waals surface area contributed by atoms with Crippen molar-refractivity contribution in [2.24, 2.45) is 0 Å². The van der Waals surface area contributed by atoms with Crippen LogP contribution in [0.3, 0.4) is 0 Å². The molecule has 0 aliphatic carbocycles. The predicted octanol–water partition coefficient (Wildman–Crippen LogP) is 2.63. The normalized spacial score (nSPS) is 15.0. The minimum atomic E-state index is -0.00764. The zero-order chi connectivity index (χ0) is 17.6. The van der Waals surface area contributed by atoms with Gasteiger partial charge in [-0.25, -0.2) is 0 Å². The van der Waals surface area contributed by atoms with Crippen LogP contribution >= 0.6 is 0 Å². The van der Waals surface area contributed by atoms with Gasteiger partial charge < -0.3 is 19.9 Å². The lowest BCUT2D eigenvalue weighted by Crippen LogP contribution is -2.44. The van der Waals surface area contributed by atoms with Crippen LogP contribution in [0.5, 0.6) is 5.75 Å². The second kappa shape index (κ2) is 8.03. The summed E-state index contributed by atoms with van der Waals surface area (Å²) in [5.74, 6) is 0.788. The van der Waals surface area contributed by atoms with Gasteiger partial charge in [0.05, 0.1) is 24.9 Å². The van der Waals surface area contributed by atoms with Gasteiger partial charge in [-0.15, -0.1) is 0 Å². The number of nitrogens with zero attached hydrogens (tertiary/aromatic N) is 2. The molecule has 132 valence electrons. The van der Waals surface area contributed by atoms with Crippen molar-refractivity contribution in [2.45, 2.75) is 6.42 Å². The van der Waals surface area contributed by atoms with Crippen molar-refractivity contribution in [1.29, 1.82) is 0 Å². The average molecular weight is 339 g/mol. The number of para-hydroxylation sites is 2. The molecule has 1 amide bonds. The van der Waals surface area contributed by atoms with Crippen molar-refractivity contribution in [1.82, 2.24) is 4.90 Å². The topological polar surface area (TPSA) is 44.8 Å². The Kier molecular flexibility index (Phi) is 5.56. The number of carbonyl (C=O) groups is 1. The maximum absolute atomic E-state index is 12.5. The van der Waals surface area contributed by atoms with Crippen LogP contribution in [0, 0.1) is 0 Å². The molecule has 3 rings (SSSR count). The maximum Gasteiger partial charge on any atom is 0.228 e. The molecular weight excluding hydrogens is 314 g/mol. The molecule has 0 atom stereocenters. The number of anilines is 2. The van der Waals surface area contributed by atoms with Gasteiger partial charge in [0.25, 0.3) is 0 Å². The largest absolute Gasteiger partial charge is 0.497 e. The zero-order valence-electron chi connectivity index (χ0n) is 14.9. The standard InChI is InChI=1S/C20H25N3O2/c1-22-11-13-23(14-12-22)19-6-4-3-5-18(19)21-20(24)15-16-7-9-17(25-2)10-8-16/h3-10H,11-15H2,1-2H3,(H,21,24). The highest BCUT2D eigenvalue weighted by Gasteiger charge is 2.17. The molecule has 2 aromatic rings. The summed E-state index contributed by atoms with van der Waals surface area (Å²) in [5.41, 5.74) is 2.94. The van der Waals surface area contributed by atoms with Crippen LogP contribution in [0.4, 0.5) is 11.4 Å². The fraction of sp³-hybridized carbons (Fsp3) is 0.350. The van der Waals surface area contributed by atoms with E-state index in [1.807, 2.05) is 42.5 Å². The Morgan fingerprint density at radius 2 is 1.72 bits per heavy atom. The Balaban J connectivity index is 1.66. The third-order valence-corrected chi connectivity index (χ3v) is 4.55. The van der Waals surface area contributed by atoms with E-state index in [9.17, 15) is 4.79 Å². The molecule has 1 heterocycles. The minimum absolute atomic E-state index is 0.00764. The number of carbonyl (C=O) groups excluding carboxylic acids is 1. The molecule has 2 aromatic carbocycles. The first kappa shape index (κ1) is 17.3. The van der Waals surface area contributed by atoms with Gasteiger partial charge in [-0.1, -0.05) is 24.3 Å². The Morgan fingerprint density at radius 3 is 2.40 bits per heavy atom. The van der Waals surface area contributed by atoms with Gasteiger partial charge in [0.1, 0.15) is 5.75 Å². The third-order valence-electron chi connectivity index (χ3n) is 4.55. The Bertz CT molecular complexity index is 707. The number of ether oxygens (including phenoxy) is 1. The van der Waals surface area contributed by atoms with E-state index in [0.29, 0.717) is 6.42 Å². The van der Waals surface area contributed by atoms with Crippen molar-refractivity contribution in [3.63, 3.8) is 0 Å². The van der Waals surface area contributed by atoms with Gasteiger partial charge in [-0.05, 0) is 36.9 Å². The molecule has 25 heavy (non-hydrogen) atoms. The summed E-state index contributed by atoms with van der Waals surface area (Å²) in [7, 11) is 3.77. The highest BCUT2D eigenvalue weighted by molar-refractivity contribution is 5.95. The molecule has 5 heteroatoms. The molecule has 5 nitrogen and oxygen atoms in total. The van der Waals surface area contributed by atoms with E-state index in [2.05, 4.69) is 28.2 Å². The molecule has 0 aromatic heterocycles. The Hall–Kier alpha value is -2.53. The van der Waals surface area contributed by atoms with Crippen LogP contribution in [0.15, 0.2) is 48.5 Å². The van der Waals surface area contributed by atoms with Gasteiger partial charge in [0, 0.05) is 26.2 Å². The third kappa shape index (κ3) is 4.51. The van der Waals surface area contributed by atoms with E-state index in [1.54, 1.807) is 7.11 Å². The van der Waals surface area contributed by atoms with Gasteiger partial charge >= 0.3 is 0 Å². The summed E-state index contributed by atoms with van der Waals surface area (Å²) in [5, 5.41) is 3.07. The molecule has 1 saturated heterocycles. The summed E-state index contributed by atoms with van der Waals surface area (Å²) >= 11 is 0. The first-order valence-corrected chi connectivity index (χ1v) is 8.61. The lowest BCUT2D eigenvalue weighted by molar-refractivity contribution is -0.115. The predicted molar refractivity (Wildman–Crippen MR) is 101 cm³/mol. The molecule has 0 spiro atoms. The van der Waals surface area contributed by atoms with Crippen LogP contribution in [0.25, 0.3) is 0 Å². The maximum atomic E-state index is 12.5. The van der Waals surface area contributed by atoms with Crippen LogP contribution in [0.2, 0.25) is 0 Å². The van der Waals surface area contributed by atoms with Crippen molar-refractivity contribution < 1.29 is 9.53 Å². The van der Waals surface area contributed by atoms with Gasteiger partial charge in [-0.3, -0.25) is 4.79 Å². The molecule has 0 saturated carbocycles. The van der Waals surface area contributed by atoms with E-state index in [-0.39, 0.29) is 5.91 Å². The van der Waals surface area contributed by atoms with Crippen molar-refractivity contribution in [3.8, 4) is 5.75 Å². The molecule has 0 bridgehead atoms. The highest BCUT2D eigenvalue weighted by atomic mass is 16.5. The number of rotatable bonds is 5. The van der Waals surface area contributed by atoms with Crippen LogP contribution in [0.1, 0.15) is 5.56 Å². The van der Waals surface area contributed by atoms with Crippen molar-refractivity contribution >= 4 is 17.3 Å². The number of piperazine rings is 1. The first-order valence-electron chi connectivity index (χ1n) is 8.61. The number of nitrogens with one attached hydrogen (secondary N) is 1. The Labute approximate surface area is 149 Å². The summed E-state index contributed by atoms with van der Waals surface area (Å²) in [6, 6.07) is 15.6. The van der Waals surface area contributed by atoms with Gasteiger partial charge in [-0.2, -0.15) is 0 Å². The second-order valence-corrected chi connectivity index (χ2v) is 6.38. The average Bonchev–Trinajstić information content (AvgIpc) is 2.63. The number of amides is 1. The van der Waals surface area contributed by atoms with Crippen LogP contribution in [-0.4, -0.2) is 51.1 Å². The summed E-state index contributed by atoms with van der Waals surface area (Å²) < 4.78 is 5.15. The fourth-order valence-electron chi connectivity index (χ4n) is 3.03. The lowest BCUT2D eigenvalue weighted by Gasteiger charge is -2.35. The molecule has 1 aliphatic rings. The van der Waals surface area contributed by atoms with Gasteiger partial charge in [0.2, 0.25) is 5.91 Å².